The molecule has 0 aliphatic carbocycles. The molecule has 1 heterocycles. The minimum Gasteiger partial charge on any atom is -0.376 e. The number of hydrogen-bond donors (Lipinski definition) is 1. The fourth-order valence-electron chi connectivity index (χ4n) is 3.23. The van der Waals surface area contributed by atoms with Crippen LogP contribution >= 0.6 is 0 Å². The monoisotopic (exact) mass is 345 g/mol. The van der Waals surface area contributed by atoms with Crippen LogP contribution < -0.4 is 5.32 Å². The summed E-state index contributed by atoms with van der Waals surface area (Å²) in [5, 5.41) is 3.52. The second kappa shape index (κ2) is 9.81. The van der Waals surface area contributed by atoms with Crippen LogP contribution in [0.2, 0.25) is 0 Å². The summed E-state index contributed by atoms with van der Waals surface area (Å²) in [5.41, 5.74) is 1.65. The molecular formula is C21H35N3O. The van der Waals surface area contributed by atoms with Gasteiger partial charge in [0.2, 0.25) is 0 Å². The summed E-state index contributed by atoms with van der Waals surface area (Å²) in [7, 11) is 1.88. The molecule has 1 fully saturated rings. The molecule has 1 aromatic rings. The van der Waals surface area contributed by atoms with Crippen LogP contribution in [-0.4, -0.2) is 44.1 Å². The van der Waals surface area contributed by atoms with Crippen LogP contribution in [0.4, 0.5) is 0 Å². The second-order valence-electron chi connectivity index (χ2n) is 8.24. The lowest BCUT2D eigenvalue weighted by Gasteiger charge is -2.23. The van der Waals surface area contributed by atoms with E-state index in [0.29, 0.717) is 17.9 Å². The van der Waals surface area contributed by atoms with Gasteiger partial charge in [0.05, 0.1) is 13.2 Å². The van der Waals surface area contributed by atoms with Crippen molar-refractivity contribution in [1.82, 2.24) is 10.2 Å². The van der Waals surface area contributed by atoms with E-state index in [1.807, 2.05) is 13.1 Å². The molecule has 0 aromatic heterocycles. The normalized spacial score (nSPS) is 18.6. The molecule has 1 unspecified atom stereocenters. The van der Waals surface area contributed by atoms with Gasteiger partial charge in [-0.15, -0.1) is 0 Å². The Labute approximate surface area is 153 Å². The molecule has 0 spiro atoms. The third-order valence-corrected chi connectivity index (χ3v) is 4.65. The topological polar surface area (TPSA) is 36.9 Å². The molecule has 2 rings (SSSR count). The Hall–Kier alpha value is -1.55. The molecule has 1 N–H and O–H groups in total. The Kier molecular flexibility index (Phi) is 7.76. The smallest absolute Gasteiger partial charge is 0.193 e. The van der Waals surface area contributed by atoms with E-state index >= 15 is 0 Å². The highest BCUT2D eigenvalue weighted by Gasteiger charge is 2.24. The number of nitrogens with zero attached hydrogens (tertiary/aromatic N) is 2. The van der Waals surface area contributed by atoms with Crippen LogP contribution in [0.5, 0.6) is 0 Å². The highest BCUT2D eigenvalue weighted by atomic mass is 16.5. The van der Waals surface area contributed by atoms with E-state index in [-0.39, 0.29) is 0 Å². The Morgan fingerprint density at radius 1 is 1.28 bits per heavy atom. The number of nitrogens with one attached hydrogen (secondary N) is 1. The highest BCUT2D eigenvalue weighted by Crippen LogP contribution is 2.20. The fourth-order valence-corrected chi connectivity index (χ4v) is 3.23. The Morgan fingerprint density at radius 2 is 2.04 bits per heavy atom. The Balaban J connectivity index is 1.66. The molecule has 4 nitrogen and oxygen atoms in total. The summed E-state index contributed by atoms with van der Waals surface area (Å²) >= 11 is 0. The van der Waals surface area contributed by atoms with Crippen LogP contribution in [0.15, 0.2) is 35.3 Å². The van der Waals surface area contributed by atoms with Gasteiger partial charge in [0, 0.05) is 32.6 Å². The number of likely N-dealkylation sites (tertiary alicyclic amines) is 1. The molecule has 1 atom stereocenters. The molecule has 0 amide bonds. The summed E-state index contributed by atoms with van der Waals surface area (Å²) in [6, 6.07) is 10.4. The minimum atomic E-state index is 0.403. The first-order valence-electron chi connectivity index (χ1n) is 9.55. The zero-order valence-electron chi connectivity index (χ0n) is 16.4. The third-order valence-electron chi connectivity index (χ3n) is 4.65. The van der Waals surface area contributed by atoms with E-state index in [4.69, 9.17) is 4.74 Å². The maximum absolute atomic E-state index is 5.91. The van der Waals surface area contributed by atoms with Crippen molar-refractivity contribution in [2.24, 2.45) is 16.3 Å². The number of ether oxygens (including phenoxy) is 1. The summed E-state index contributed by atoms with van der Waals surface area (Å²) in [4.78, 5) is 6.83. The Bertz CT molecular complexity index is 522. The van der Waals surface area contributed by atoms with Crippen LogP contribution in [0.1, 0.15) is 45.6 Å². The van der Waals surface area contributed by atoms with E-state index in [2.05, 4.69) is 60.2 Å². The summed E-state index contributed by atoms with van der Waals surface area (Å²) in [6.07, 6.45) is 3.59. The maximum Gasteiger partial charge on any atom is 0.193 e. The molecule has 25 heavy (non-hydrogen) atoms. The van der Waals surface area contributed by atoms with Crippen molar-refractivity contribution in [1.29, 1.82) is 0 Å². The number of hydrogen-bond acceptors (Lipinski definition) is 2. The lowest BCUT2D eigenvalue weighted by Crippen LogP contribution is -2.40. The van der Waals surface area contributed by atoms with E-state index in [0.717, 1.165) is 32.2 Å². The quantitative estimate of drug-likeness (QED) is 0.462. The average molecular weight is 346 g/mol. The van der Waals surface area contributed by atoms with Crippen molar-refractivity contribution >= 4 is 5.96 Å². The second-order valence-corrected chi connectivity index (χ2v) is 8.24. The molecule has 1 saturated heterocycles. The van der Waals surface area contributed by atoms with Gasteiger partial charge in [-0.3, -0.25) is 4.99 Å². The number of benzene rings is 1. The van der Waals surface area contributed by atoms with Gasteiger partial charge in [0.1, 0.15) is 0 Å². The summed E-state index contributed by atoms with van der Waals surface area (Å²) in [6.45, 7) is 11.5. The SMILES string of the molecule is CN=C(NCCCC(C)(C)C)N1CCC(COCc2ccccc2)C1. The first-order chi connectivity index (χ1) is 12.0. The van der Waals surface area contributed by atoms with Crippen LogP contribution in [0.3, 0.4) is 0 Å². The van der Waals surface area contributed by atoms with Gasteiger partial charge in [-0.25, -0.2) is 0 Å². The van der Waals surface area contributed by atoms with Crippen molar-refractivity contribution < 1.29 is 4.74 Å². The van der Waals surface area contributed by atoms with E-state index in [1.165, 1.54) is 24.8 Å². The molecule has 0 bridgehead atoms. The van der Waals surface area contributed by atoms with Crippen molar-refractivity contribution in [3.8, 4) is 0 Å². The molecule has 1 aliphatic rings. The van der Waals surface area contributed by atoms with E-state index in [9.17, 15) is 0 Å². The number of aliphatic imine (C=N–C) groups is 1. The van der Waals surface area contributed by atoms with Gasteiger partial charge in [-0.05, 0) is 30.2 Å². The van der Waals surface area contributed by atoms with Crippen LogP contribution in [-0.2, 0) is 11.3 Å². The first-order valence-corrected chi connectivity index (χ1v) is 9.55. The number of rotatable bonds is 7. The third kappa shape index (κ3) is 7.47. The Morgan fingerprint density at radius 3 is 2.72 bits per heavy atom. The zero-order chi connectivity index (χ0) is 18.1. The molecule has 4 heteroatoms. The fraction of sp³-hybridized carbons (Fsp3) is 0.667. The van der Waals surface area contributed by atoms with Gasteiger partial charge in [-0.2, -0.15) is 0 Å². The predicted octanol–water partition coefficient (Wildman–Crippen LogP) is 3.93. The standard InChI is InChI=1S/C21H35N3O/c1-21(2,3)12-8-13-23-20(22-4)24-14-11-19(15-24)17-25-16-18-9-6-5-7-10-18/h5-7,9-10,19H,8,11-17H2,1-4H3,(H,22,23). The largest absolute Gasteiger partial charge is 0.376 e. The van der Waals surface area contributed by atoms with Crippen molar-refractivity contribution in [2.75, 3.05) is 33.3 Å². The van der Waals surface area contributed by atoms with Gasteiger partial charge in [0.15, 0.2) is 5.96 Å². The molecule has 1 aromatic carbocycles. The van der Waals surface area contributed by atoms with Crippen LogP contribution in [0, 0.1) is 11.3 Å². The van der Waals surface area contributed by atoms with Gasteiger partial charge in [0.25, 0.3) is 0 Å². The predicted molar refractivity (Wildman–Crippen MR) is 106 cm³/mol. The average Bonchev–Trinajstić information content (AvgIpc) is 3.03. The minimum absolute atomic E-state index is 0.403. The van der Waals surface area contributed by atoms with Gasteiger partial charge < -0.3 is 15.0 Å². The van der Waals surface area contributed by atoms with Crippen molar-refractivity contribution in [3.05, 3.63) is 35.9 Å². The molecular weight excluding hydrogens is 310 g/mol. The van der Waals surface area contributed by atoms with E-state index in [1.54, 1.807) is 0 Å². The zero-order valence-corrected chi connectivity index (χ0v) is 16.4. The summed E-state index contributed by atoms with van der Waals surface area (Å²) < 4.78 is 5.91. The van der Waals surface area contributed by atoms with Gasteiger partial charge >= 0.3 is 0 Å². The molecule has 140 valence electrons. The lowest BCUT2D eigenvalue weighted by atomic mass is 9.91. The lowest BCUT2D eigenvalue weighted by molar-refractivity contribution is 0.0906. The maximum atomic E-state index is 5.91. The first kappa shape index (κ1) is 19.8. The van der Waals surface area contributed by atoms with Gasteiger partial charge in [-0.1, -0.05) is 51.1 Å². The number of guanidine groups is 1. The van der Waals surface area contributed by atoms with Crippen LogP contribution in [0.25, 0.3) is 0 Å². The molecule has 0 saturated carbocycles. The van der Waals surface area contributed by atoms with E-state index < -0.39 is 0 Å². The van der Waals surface area contributed by atoms with Crippen molar-refractivity contribution in [3.63, 3.8) is 0 Å². The molecule has 1 aliphatic heterocycles. The highest BCUT2D eigenvalue weighted by molar-refractivity contribution is 5.80. The molecule has 0 radical (unpaired) electrons. The van der Waals surface area contributed by atoms with Crippen molar-refractivity contribution in [2.45, 2.75) is 46.6 Å². The summed E-state index contributed by atoms with van der Waals surface area (Å²) in [5.74, 6) is 1.64.